The second-order valence-corrected chi connectivity index (χ2v) is 17.7. The molecule has 5 fully saturated rings. The minimum atomic E-state index is -1.09. The number of amides is 4. The van der Waals surface area contributed by atoms with Gasteiger partial charge in [0.25, 0.3) is 11.8 Å². The molecule has 6 aliphatic rings. The van der Waals surface area contributed by atoms with E-state index in [9.17, 15) is 19.2 Å². The highest BCUT2D eigenvalue weighted by atomic mass is 35.5. The molecule has 2 aromatic carbocycles. The number of piperidine rings is 2. The third-order valence-corrected chi connectivity index (χ3v) is 14.1. The van der Waals surface area contributed by atoms with E-state index in [1.54, 1.807) is 11.3 Å². The van der Waals surface area contributed by atoms with E-state index in [4.69, 9.17) is 23.2 Å². The number of hydrogen-bond donors (Lipinski definition) is 1. The fourth-order valence-electron chi connectivity index (χ4n) is 9.65. The van der Waals surface area contributed by atoms with Gasteiger partial charge in [0.1, 0.15) is 11.9 Å². The van der Waals surface area contributed by atoms with Crippen LogP contribution in [0.5, 0.6) is 0 Å². The number of imide groups is 2. The van der Waals surface area contributed by atoms with Crippen LogP contribution in [0.2, 0.25) is 5.02 Å². The zero-order chi connectivity index (χ0) is 38.9. The van der Waals surface area contributed by atoms with Crippen molar-refractivity contribution in [3.8, 4) is 0 Å². The largest absolute Gasteiger partial charge is 0.368 e. The molecule has 16 heteroatoms. The molecule has 0 saturated carbocycles. The number of hydrogen-bond acceptors (Lipinski definition) is 11. The maximum absolute atomic E-state index is 15.4. The predicted octanol–water partition coefficient (Wildman–Crippen LogP) is 4.78. The van der Waals surface area contributed by atoms with Gasteiger partial charge >= 0.3 is 0 Å². The van der Waals surface area contributed by atoms with E-state index in [1.165, 1.54) is 10.9 Å². The van der Waals surface area contributed by atoms with Gasteiger partial charge in [0, 0.05) is 106 Å². The summed E-state index contributed by atoms with van der Waals surface area (Å²) in [6.45, 7) is 18.1. The standard InChI is InChI=1S/C40H43ClFN9O4S/c1-24-18-40(23-50(24)25-3-4-32(43-2)30(41)15-25)7-9-49(10-8-40)39-44-19-27(56-39)22-46-20-26(21-46)47-11-13-48(14-12-47)34-17-29-28(16-31(34)42)37(54)51(38(29)55)33-5-6-35(52)45-36(33)53/h3-4,15-17,19,24,26,33H,5-14,18,20-23H2,1H3,(H,45,52,53)/t24-,33?/m0/s1. The van der Waals surface area contributed by atoms with Gasteiger partial charge in [-0.1, -0.05) is 17.7 Å². The van der Waals surface area contributed by atoms with Crippen molar-refractivity contribution in [1.82, 2.24) is 25.0 Å². The van der Waals surface area contributed by atoms with Crippen molar-refractivity contribution >= 4 is 68.8 Å². The SMILES string of the molecule is [C-]#[N+]c1ccc(N2CC3(CCN(c4ncc(CN5CC(N6CCN(c7cc8c(cc7F)C(=O)N(C7CCC(=O)NC7=O)C8=O)CC6)C5)s4)CC3)C[C@@H]2C)cc1Cl. The number of benzene rings is 2. The van der Waals surface area contributed by atoms with Gasteiger partial charge in [-0.25, -0.2) is 14.2 Å². The number of carbonyl (C=O) groups excluding carboxylic acids is 4. The second-order valence-electron chi connectivity index (χ2n) is 16.2. The molecule has 1 spiro atoms. The lowest BCUT2D eigenvalue weighted by Crippen LogP contribution is -2.62. The molecule has 1 N–H and O–H groups in total. The molecule has 13 nitrogen and oxygen atoms in total. The Balaban J connectivity index is 0.740. The number of aromatic nitrogens is 1. The summed E-state index contributed by atoms with van der Waals surface area (Å²) in [7, 11) is 0. The minimum absolute atomic E-state index is 0.0272. The Morgan fingerprint density at radius 3 is 2.43 bits per heavy atom. The van der Waals surface area contributed by atoms with Gasteiger partial charge in [-0.15, -0.1) is 11.3 Å². The van der Waals surface area contributed by atoms with Crippen LogP contribution in [0.4, 0.5) is 26.6 Å². The topological polar surface area (TPSA) is 117 Å². The first kappa shape index (κ1) is 37.0. The van der Waals surface area contributed by atoms with Crippen LogP contribution in [0.1, 0.15) is 64.6 Å². The molecular weight excluding hydrogens is 757 g/mol. The first-order valence-electron chi connectivity index (χ1n) is 19.4. The van der Waals surface area contributed by atoms with Crippen molar-refractivity contribution < 1.29 is 23.6 Å². The molecule has 9 rings (SSSR count). The monoisotopic (exact) mass is 799 g/mol. The number of anilines is 3. The van der Waals surface area contributed by atoms with Gasteiger partial charge in [-0.05, 0) is 62.3 Å². The molecular formula is C40H43ClFN9O4S. The summed E-state index contributed by atoms with van der Waals surface area (Å²) in [6.07, 6.45) is 5.50. The van der Waals surface area contributed by atoms with Crippen LogP contribution in [0, 0.1) is 17.8 Å². The summed E-state index contributed by atoms with van der Waals surface area (Å²) in [5.41, 5.74) is 2.19. The van der Waals surface area contributed by atoms with Crippen LogP contribution in [-0.2, 0) is 16.1 Å². The number of piperazine rings is 1. The lowest BCUT2D eigenvalue weighted by atomic mass is 9.77. The lowest BCUT2D eigenvalue weighted by Gasteiger charge is -2.48. The molecule has 0 radical (unpaired) electrons. The van der Waals surface area contributed by atoms with Crippen molar-refractivity contribution in [3.63, 3.8) is 0 Å². The number of nitrogens with zero attached hydrogens (tertiary/aromatic N) is 8. The minimum Gasteiger partial charge on any atom is -0.368 e. The maximum atomic E-state index is 15.4. The summed E-state index contributed by atoms with van der Waals surface area (Å²) in [5.74, 6) is -3.05. The molecule has 2 atom stereocenters. The predicted molar refractivity (Wildman–Crippen MR) is 211 cm³/mol. The average Bonchev–Trinajstić information content (AvgIpc) is 3.84. The number of carbonyl (C=O) groups is 4. The van der Waals surface area contributed by atoms with E-state index in [0.29, 0.717) is 35.9 Å². The van der Waals surface area contributed by atoms with E-state index in [0.717, 1.165) is 93.4 Å². The summed E-state index contributed by atoms with van der Waals surface area (Å²) in [4.78, 5) is 72.6. The second kappa shape index (κ2) is 14.4. The van der Waals surface area contributed by atoms with Gasteiger partial charge in [0.15, 0.2) is 5.13 Å². The Hall–Kier alpha value is -4.62. The third-order valence-electron chi connectivity index (χ3n) is 12.8. The lowest BCUT2D eigenvalue weighted by molar-refractivity contribution is -0.136. The first-order chi connectivity index (χ1) is 27.0. The van der Waals surface area contributed by atoms with Crippen LogP contribution in [0.25, 0.3) is 4.85 Å². The molecule has 1 unspecified atom stereocenters. The summed E-state index contributed by atoms with van der Waals surface area (Å²) in [5, 5.41) is 3.80. The van der Waals surface area contributed by atoms with Crippen LogP contribution < -0.4 is 20.0 Å². The van der Waals surface area contributed by atoms with Gasteiger partial charge in [0.05, 0.1) is 23.4 Å². The molecule has 0 aliphatic carbocycles. The smallest absolute Gasteiger partial charge is 0.262 e. The highest BCUT2D eigenvalue weighted by Gasteiger charge is 2.47. The quantitative estimate of drug-likeness (QED) is 0.265. The molecule has 4 amide bonds. The van der Waals surface area contributed by atoms with Crippen molar-refractivity contribution in [3.05, 3.63) is 74.8 Å². The molecule has 56 heavy (non-hydrogen) atoms. The normalized spacial score (nSPS) is 24.5. The zero-order valence-electron chi connectivity index (χ0n) is 31.2. The van der Waals surface area contributed by atoms with E-state index >= 15 is 4.39 Å². The highest BCUT2D eigenvalue weighted by molar-refractivity contribution is 7.15. The highest BCUT2D eigenvalue weighted by Crippen LogP contribution is 2.46. The molecule has 6 aliphatic heterocycles. The number of rotatable bonds is 7. The molecule has 1 aromatic heterocycles. The number of halogens is 2. The Kier molecular flexibility index (Phi) is 9.51. The first-order valence-corrected chi connectivity index (χ1v) is 20.6. The Bertz CT molecular complexity index is 2150. The fourth-order valence-corrected chi connectivity index (χ4v) is 10.9. The van der Waals surface area contributed by atoms with E-state index in [1.807, 2.05) is 29.3 Å². The fraction of sp³-hybridized carbons (Fsp3) is 0.500. The Morgan fingerprint density at radius 1 is 1.00 bits per heavy atom. The zero-order valence-corrected chi connectivity index (χ0v) is 32.8. The average molecular weight is 800 g/mol. The van der Waals surface area contributed by atoms with Gasteiger partial charge in [-0.3, -0.25) is 39.2 Å². The van der Waals surface area contributed by atoms with E-state index in [-0.39, 0.29) is 35.1 Å². The van der Waals surface area contributed by atoms with Gasteiger partial charge < -0.3 is 14.7 Å². The molecule has 7 heterocycles. The van der Waals surface area contributed by atoms with Crippen LogP contribution in [0.3, 0.4) is 0 Å². The van der Waals surface area contributed by atoms with Crippen LogP contribution in [-0.4, -0.2) is 120 Å². The molecule has 5 saturated heterocycles. The summed E-state index contributed by atoms with van der Waals surface area (Å²) >= 11 is 8.17. The van der Waals surface area contributed by atoms with Crippen LogP contribution >= 0.6 is 22.9 Å². The maximum Gasteiger partial charge on any atom is 0.262 e. The van der Waals surface area contributed by atoms with E-state index in [2.05, 4.69) is 36.7 Å². The van der Waals surface area contributed by atoms with Crippen molar-refractivity contribution in [2.24, 2.45) is 5.41 Å². The number of thiazole rings is 1. The summed E-state index contributed by atoms with van der Waals surface area (Å²) < 4.78 is 15.4. The molecule has 0 bridgehead atoms. The molecule has 3 aromatic rings. The summed E-state index contributed by atoms with van der Waals surface area (Å²) in [6, 6.07) is 8.10. The number of fused-ring (bicyclic) bond motifs is 1. The molecule has 292 valence electrons. The van der Waals surface area contributed by atoms with Crippen molar-refractivity contribution in [2.45, 2.75) is 63.7 Å². The van der Waals surface area contributed by atoms with E-state index < -0.39 is 35.5 Å². The van der Waals surface area contributed by atoms with Gasteiger partial charge in [0.2, 0.25) is 17.5 Å². The number of nitrogens with one attached hydrogen (secondary N) is 1. The third kappa shape index (κ3) is 6.60. The Morgan fingerprint density at radius 2 is 1.73 bits per heavy atom. The van der Waals surface area contributed by atoms with Crippen molar-refractivity contribution in [2.75, 3.05) is 73.6 Å². The Labute approximate surface area is 333 Å². The van der Waals surface area contributed by atoms with Crippen LogP contribution in [0.15, 0.2) is 36.5 Å². The number of likely N-dealkylation sites (tertiary alicyclic amines) is 1. The van der Waals surface area contributed by atoms with Gasteiger partial charge in [-0.2, -0.15) is 0 Å². The van der Waals surface area contributed by atoms with Crippen molar-refractivity contribution in [1.29, 1.82) is 0 Å².